The number of hydrogen-bond acceptors (Lipinski definition) is 5. The van der Waals surface area contributed by atoms with Gasteiger partial charge in [-0.25, -0.2) is 0 Å². The van der Waals surface area contributed by atoms with E-state index in [2.05, 4.69) is 53.7 Å². The lowest BCUT2D eigenvalue weighted by Crippen LogP contribution is -2.36. The summed E-state index contributed by atoms with van der Waals surface area (Å²) in [6, 6.07) is 8.15. The minimum atomic E-state index is 0.345. The van der Waals surface area contributed by atoms with Gasteiger partial charge in [-0.3, -0.25) is 4.99 Å². The first kappa shape index (κ1) is 21.8. The predicted molar refractivity (Wildman–Crippen MR) is 111 cm³/mol. The van der Waals surface area contributed by atoms with Gasteiger partial charge < -0.3 is 24.6 Å². The molecule has 2 N–H and O–H groups in total. The molecule has 1 aromatic carbocycles. The van der Waals surface area contributed by atoms with Gasteiger partial charge in [0.15, 0.2) is 11.7 Å². The van der Waals surface area contributed by atoms with Gasteiger partial charge in [0.2, 0.25) is 0 Å². The van der Waals surface area contributed by atoms with E-state index in [1.807, 2.05) is 19.1 Å². The molecule has 28 heavy (non-hydrogen) atoms. The van der Waals surface area contributed by atoms with E-state index in [1.54, 1.807) is 7.05 Å². The second-order valence-electron chi connectivity index (χ2n) is 6.81. The van der Waals surface area contributed by atoms with Gasteiger partial charge in [0.05, 0.1) is 18.8 Å². The molecule has 0 spiro atoms. The van der Waals surface area contributed by atoms with Crippen LogP contribution < -0.4 is 15.4 Å². The lowest BCUT2D eigenvalue weighted by molar-refractivity contribution is 0.110. The number of nitrogens with zero attached hydrogens (tertiary/aromatic N) is 2. The van der Waals surface area contributed by atoms with Crippen LogP contribution in [0.25, 0.3) is 0 Å². The molecule has 0 aliphatic rings. The third-order valence-electron chi connectivity index (χ3n) is 4.18. The van der Waals surface area contributed by atoms with Crippen molar-refractivity contribution in [2.24, 2.45) is 4.99 Å². The smallest absolute Gasteiger partial charge is 0.191 e. The highest BCUT2D eigenvalue weighted by Crippen LogP contribution is 2.20. The Morgan fingerprint density at radius 3 is 2.64 bits per heavy atom. The van der Waals surface area contributed by atoms with Gasteiger partial charge in [0.1, 0.15) is 12.4 Å². The summed E-state index contributed by atoms with van der Waals surface area (Å²) in [6.45, 7) is 11.1. The second-order valence-corrected chi connectivity index (χ2v) is 6.81. The van der Waals surface area contributed by atoms with Crippen LogP contribution in [-0.4, -0.2) is 38.0 Å². The zero-order chi connectivity index (χ0) is 20.4. The summed E-state index contributed by atoms with van der Waals surface area (Å²) < 4.78 is 16.6. The molecule has 7 heteroatoms. The van der Waals surface area contributed by atoms with Crippen LogP contribution in [0.5, 0.6) is 5.75 Å². The average molecular weight is 389 g/mol. The van der Waals surface area contributed by atoms with Gasteiger partial charge in [-0.2, -0.15) is 0 Å². The summed E-state index contributed by atoms with van der Waals surface area (Å²) in [5.41, 5.74) is 3.17. The van der Waals surface area contributed by atoms with Gasteiger partial charge in [-0.1, -0.05) is 31.1 Å². The number of aromatic nitrogens is 1. The molecule has 0 amide bonds. The molecule has 1 aromatic heterocycles. The van der Waals surface area contributed by atoms with Crippen LogP contribution in [0.1, 0.15) is 49.3 Å². The number of aliphatic imine (C=N–C) groups is 1. The van der Waals surface area contributed by atoms with E-state index >= 15 is 0 Å². The minimum absolute atomic E-state index is 0.345. The fourth-order valence-corrected chi connectivity index (χ4v) is 2.55. The molecule has 0 aliphatic heterocycles. The van der Waals surface area contributed by atoms with Crippen LogP contribution in [0.3, 0.4) is 0 Å². The Hall–Kier alpha value is -2.54. The first-order valence-electron chi connectivity index (χ1n) is 9.73. The fraction of sp³-hybridized carbons (Fsp3) is 0.524. The van der Waals surface area contributed by atoms with E-state index in [0.29, 0.717) is 44.8 Å². The molecule has 0 atom stereocenters. The number of hydrogen-bond donors (Lipinski definition) is 2. The Bertz CT molecular complexity index is 756. The Kier molecular flexibility index (Phi) is 8.81. The Labute approximate surface area is 167 Å². The molecule has 1 heterocycles. The standard InChI is InChI=1S/C21H32N4O3/c1-6-26-9-10-27-20-11-16(4)7-8-17(20)13-23-21(22-5)24-14-18-12-19(15(2)3)25-28-18/h7-8,11-12,15H,6,9-10,13-14H2,1-5H3,(H2,22,23,24). The molecule has 154 valence electrons. The van der Waals surface area contributed by atoms with Crippen LogP contribution >= 0.6 is 0 Å². The zero-order valence-electron chi connectivity index (χ0n) is 17.5. The van der Waals surface area contributed by atoms with E-state index < -0.39 is 0 Å². The van der Waals surface area contributed by atoms with E-state index in [4.69, 9.17) is 14.0 Å². The van der Waals surface area contributed by atoms with Crippen molar-refractivity contribution in [3.63, 3.8) is 0 Å². The first-order chi connectivity index (χ1) is 13.5. The van der Waals surface area contributed by atoms with Crippen LogP contribution in [0, 0.1) is 6.92 Å². The van der Waals surface area contributed by atoms with Gasteiger partial charge >= 0.3 is 0 Å². The lowest BCUT2D eigenvalue weighted by Gasteiger charge is -2.15. The molecule has 0 saturated heterocycles. The lowest BCUT2D eigenvalue weighted by atomic mass is 10.1. The normalized spacial score (nSPS) is 11.7. The van der Waals surface area contributed by atoms with Crippen molar-refractivity contribution in [2.45, 2.75) is 46.7 Å². The predicted octanol–water partition coefficient (Wildman–Crippen LogP) is 3.39. The van der Waals surface area contributed by atoms with Crippen LogP contribution in [0.15, 0.2) is 33.8 Å². The fourth-order valence-electron chi connectivity index (χ4n) is 2.55. The quantitative estimate of drug-likeness (QED) is 0.369. The Morgan fingerprint density at radius 2 is 1.96 bits per heavy atom. The molecule has 0 bridgehead atoms. The SMILES string of the molecule is CCOCCOc1cc(C)ccc1CNC(=NC)NCc1cc(C(C)C)no1. The summed E-state index contributed by atoms with van der Waals surface area (Å²) in [5.74, 6) is 2.67. The molecule has 2 aromatic rings. The number of aryl methyl sites for hydroxylation is 1. The molecule has 0 unspecified atom stereocenters. The van der Waals surface area contributed by atoms with Crippen LogP contribution in [0.2, 0.25) is 0 Å². The van der Waals surface area contributed by atoms with Crippen molar-refractivity contribution in [2.75, 3.05) is 26.9 Å². The molecular formula is C21H32N4O3. The highest BCUT2D eigenvalue weighted by molar-refractivity contribution is 5.79. The Balaban J connectivity index is 1.89. The number of rotatable bonds is 10. The van der Waals surface area contributed by atoms with Crippen molar-refractivity contribution in [1.29, 1.82) is 0 Å². The van der Waals surface area contributed by atoms with E-state index in [0.717, 1.165) is 28.3 Å². The van der Waals surface area contributed by atoms with E-state index in [1.165, 1.54) is 0 Å². The zero-order valence-corrected chi connectivity index (χ0v) is 17.5. The molecule has 0 saturated carbocycles. The summed E-state index contributed by atoms with van der Waals surface area (Å²) in [5, 5.41) is 10.6. The molecule has 0 fully saturated rings. The molecule has 0 radical (unpaired) electrons. The van der Waals surface area contributed by atoms with Crippen molar-refractivity contribution < 1.29 is 14.0 Å². The molecule has 7 nitrogen and oxygen atoms in total. The highest BCUT2D eigenvalue weighted by Gasteiger charge is 2.09. The number of ether oxygens (including phenoxy) is 2. The molecule has 2 rings (SSSR count). The van der Waals surface area contributed by atoms with E-state index in [-0.39, 0.29) is 0 Å². The maximum absolute atomic E-state index is 5.89. The third kappa shape index (κ3) is 6.88. The van der Waals surface area contributed by atoms with Crippen molar-refractivity contribution in [3.8, 4) is 5.75 Å². The summed E-state index contributed by atoms with van der Waals surface area (Å²) in [6.07, 6.45) is 0. The van der Waals surface area contributed by atoms with Gasteiger partial charge in [-0.15, -0.1) is 0 Å². The molecule has 0 aliphatic carbocycles. The summed E-state index contributed by atoms with van der Waals surface area (Å²) in [4.78, 5) is 4.27. The van der Waals surface area contributed by atoms with Crippen LogP contribution in [-0.2, 0) is 17.8 Å². The number of guanidine groups is 1. The highest BCUT2D eigenvalue weighted by atomic mass is 16.5. The number of nitrogens with one attached hydrogen (secondary N) is 2. The minimum Gasteiger partial charge on any atom is -0.491 e. The van der Waals surface area contributed by atoms with Crippen molar-refractivity contribution >= 4 is 5.96 Å². The van der Waals surface area contributed by atoms with Crippen molar-refractivity contribution in [1.82, 2.24) is 15.8 Å². The van der Waals surface area contributed by atoms with E-state index in [9.17, 15) is 0 Å². The maximum atomic E-state index is 5.89. The Morgan fingerprint density at radius 1 is 1.18 bits per heavy atom. The largest absolute Gasteiger partial charge is 0.491 e. The summed E-state index contributed by atoms with van der Waals surface area (Å²) >= 11 is 0. The average Bonchev–Trinajstić information content (AvgIpc) is 3.16. The molecular weight excluding hydrogens is 356 g/mol. The topological polar surface area (TPSA) is 80.9 Å². The van der Waals surface area contributed by atoms with Gasteiger partial charge in [-0.05, 0) is 31.4 Å². The monoisotopic (exact) mass is 388 g/mol. The van der Waals surface area contributed by atoms with Crippen molar-refractivity contribution in [3.05, 3.63) is 46.8 Å². The van der Waals surface area contributed by atoms with Crippen LogP contribution in [0.4, 0.5) is 0 Å². The van der Waals surface area contributed by atoms with Gasteiger partial charge in [0, 0.05) is 31.8 Å². The number of benzene rings is 1. The van der Waals surface area contributed by atoms with Gasteiger partial charge in [0.25, 0.3) is 0 Å². The maximum Gasteiger partial charge on any atom is 0.191 e. The first-order valence-corrected chi connectivity index (χ1v) is 9.73. The summed E-state index contributed by atoms with van der Waals surface area (Å²) in [7, 11) is 1.74. The third-order valence-corrected chi connectivity index (χ3v) is 4.18. The second kappa shape index (κ2) is 11.3.